The second-order valence-electron chi connectivity index (χ2n) is 5.84. The molecule has 0 saturated heterocycles. The maximum absolute atomic E-state index is 7.57. The van der Waals surface area contributed by atoms with E-state index in [-0.39, 0.29) is 154 Å². The zero-order valence-electron chi connectivity index (χ0n) is 26.1. The predicted molar refractivity (Wildman–Crippen MR) is 165 cm³/mol. The van der Waals surface area contributed by atoms with Crippen LogP contribution >= 0.6 is 0 Å². The fourth-order valence-corrected chi connectivity index (χ4v) is 1.34. The van der Waals surface area contributed by atoms with Crippen molar-refractivity contribution in [1.29, 1.82) is 0 Å². The van der Waals surface area contributed by atoms with Crippen LogP contribution in [0.4, 0.5) is 0 Å². The van der Waals surface area contributed by atoms with Gasteiger partial charge in [0.1, 0.15) is 6.33 Å². The minimum Gasteiger partial charge on any atom is -0.911 e. The molecule has 5 rings (SSSR count). The predicted octanol–water partition coefficient (Wildman–Crippen LogP) is -4.57. The summed E-state index contributed by atoms with van der Waals surface area (Å²) in [5.74, 6) is 0. The number of nitrogens with zero attached hydrogens (tertiary/aromatic N) is 12. The molecule has 0 radical (unpaired) electrons. The zero-order chi connectivity index (χ0) is 31.6. The molecule has 0 spiro atoms. The van der Waals surface area contributed by atoms with Crippen molar-refractivity contribution in [3.8, 4) is 0 Å². The van der Waals surface area contributed by atoms with Gasteiger partial charge in [0.15, 0.2) is 0 Å². The van der Waals surface area contributed by atoms with Gasteiger partial charge in [0.2, 0.25) is 0 Å². The van der Waals surface area contributed by atoms with Gasteiger partial charge in [-0.1, -0.05) is 11.3 Å². The first-order valence-corrected chi connectivity index (χ1v) is 11.4. The van der Waals surface area contributed by atoms with Gasteiger partial charge < -0.3 is 54.7 Å². The van der Waals surface area contributed by atoms with E-state index in [1.54, 1.807) is 85.1 Å². The molecule has 45 heavy (non-hydrogen) atoms. The number of pyridine rings is 1. The summed E-state index contributed by atoms with van der Waals surface area (Å²) in [6.07, 6.45) is 27.0. The molecule has 0 aliphatic carbocycles. The van der Waals surface area contributed by atoms with Crippen molar-refractivity contribution in [1.82, 2.24) is 50.1 Å². The molecular formula is C30H32K3N12-3. The number of hydrogen-bond donors (Lipinski definition) is 0. The fraction of sp³-hybridized carbons (Fsp3) is 0.0333. The Morgan fingerprint density at radius 1 is 0.556 bits per heavy atom. The van der Waals surface area contributed by atoms with E-state index in [4.69, 9.17) is 18.6 Å². The van der Waals surface area contributed by atoms with Gasteiger partial charge in [-0.15, -0.1) is 5.10 Å². The molecule has 0 amide bonds. The van der Waals surface area contributed by atoms with Crippen LogP contribution in [0.25, 0.3) is 5.41 Å². The first-order valence-electron chi connectivity index (χ1n) is 11.4. The van der Waals surface area contributed by atoms with Crippen LogP contribution in [-0.4, -0.2) is 63.0 Å². The molecular weight excluding hydrogens is 646 g/mol. The third-order valence-corrected chi connectivity index (χ3v) is 2.83. The Balaban J connectivity index is -0.0000000964. The van der Waals surface area contributed by atoms with Crippen LogP contribution in [0.1, 0.15) is 0 Å². The Morgan fingerprint density at radius 2 is 0.956 bits per heavy atom. The Bertz CT molecular complexity index is 911. The SMILES string of the molecule is Cn1ccnn1.[CH-]=CC=[CH-].[CH-]=CC=[N-].[CH-]=CN=[CH-].[K+].[K+].[K+].c1ccncc1.c1ccnnc1.c1cnccn1.c1cncnc1. The third-order valence-electron chi connectivity index (χ3n) is 2.83. The summed E-state index contributed by atoms with van der Waals surface area (Å²) in [5.41, 5.74) is 0. The van der Waals surface area contributed by atoms with Crippen LogP contribution in [-0.2, 0) is 7.05 Å². The average Bonchev–Trinajstić information content (AvgIpc) is 3.60. The summed E-state index contributed by atoms with van der Waals surface area (Å²) in [5, 5.41) is 21.8. The summed E-state index contributed by atoms with van der Waals surface area (Å²) >= 11 is 0. The molecule has 0 aliphatic heterocycles. The van der Waals surface area contributed by atoms with Gasteiger partial charge in [0.05, 0.1) is 6.20 Å². The van der Waals surface area contributed by atoms with E-state index < -0.39 is 0 Å². The maximum atomic E-state index is 7.57. The normalized spacial score (nSPS) is 6.78. The summed E-state index contributed by atoms with van der Waals surface area (Å²) in [6.45, 7) is 23.1. The van der Waals surface area contributed by atoms with Crippen LogP contribution in [0.15, 0.2) is 147 Å². The molecule has 0 atom stereocenters. The van der Waals surface area contributed by atoms with Crippen molar-refractivity contribution in [2.24, 2.45) is 12.0 Å². The van der Waals surface area contributed by atoms with Gasteiger partial charge in [-0.25, -0.2) is 9.97 Å². The number of aliphatic imine (C=N–C) groups is 1. The summed E-state index contributed by atoms with van der Waals surface area (Å²) in [7, 11) is 1.83. The van der Waals surface area contributed by atoms with Gasteiger partial charge in [-0.3, -0.25) is 32.3 Å². The molecule has 15 heteroatoms. The molecule has 0 aromatic carbocycles. The van der Waals surface area contributed by atoms with Crippen LogP contribution in [0.3, 0.4) is 0 Å². The Hall–Kier alpha value is -1.26. The number of hydrogen-bond acceptors (Lipinski definition) is 10. The molecule has 0 bridgehead atoms. The molecule has 0 saturated carbocycles. The Morgan fingerprint density at radius 3 is 1.07 bits per heavy atom. The van der Waals surface area contributed by atoms with E-state index in [0.717, 1.165) is 18.5 Å². The summed E-state index contributed by atoms with van der Waals surface area (Å²) < 4.78 is 1.64. The Labute approximate surface area is 395 Å². The van der Waals surface area contributed by atoms with Gasteiger partial charge >= 0.3 is 154 Å². The van der Waals surface area contributed by atoms with E-state index in [2.05, 4.69) is 70.3 Å². The topological polar surface area (TPSA) is 156 Å². The van der Waals surface area contributed by atoms with Crippen molar-refractivity contribution >= 4 is 12.9 Å². The number of rotatable bonds is 3. The smallest absolute Gasteiger partial charge is 0.911 e. The second-order valence-corrected chi connectivity index (χ2v) is 5.84. The zero-order valence-corrected chi connectivity index (χ0v) is 35.5. The first kappa shape index (κ1) is 56.1. The summed E-state index contributed by atoms with van der Waals surface area (Å²) in [4.78, 5) is 21.5. The minimum absolute atomic E-state index is 0. The van der Waals surface area contributed by atoms with Crippen molar-refractivity contribution in [3.63, 3.8) is 0 Å². The van der Waals surface area contributed by atoms with Crippen molar-refractivity contribution in [2.45, 2.75) is 0 Å². The van der Waals surface area contributed by atoms with E-state index in [0.29, 0.717) is 0 Å². The molecule has 0 unspecified atom stereocenters. The van der Waals surface area contributed by atoms with Crippen LogP contribution < -0.4 is 154 Å². The van der Waals surface area contributed by atoms with Crippen molar-refractivity contribution < 1.29 is 154 Å². The number of allylic oxidation sites excluding steroid dienone is 3. The second kappa shape index (κ2) is 58.3. The monoisotopic (exact) mass is 677 g/mol. The largest absolute Gasteiger partial charge is 1.00 e. The molecule has 218 valence electrons. The van der Waals surface area contributed by atoms with E-state index in [1.165, 1.54) is 18.5 Å². The average molecular weight is 678 g/mol. The summed E-state index contributed by atoms with van der Waals surface area (Å²) in [6, 6.07) is 11.1. The third kappa shape index (κ3) is 66.2. The molecule has 5 aromatic heterocycles. The quantitative estimate of drug-likeness (QED) is 0.0795. The fourth-order valence-electron chi connectivity index (χ4n) is 1.34. The van der Waals surface area contributed by atoms with Crippen LogP contribution in [0, 0.1) is 26.3 Å². The van der Waals surface area contributed by atoms with Crippen molar-refractivity contribution in [3.05, 3.63) is 173 Å². The van der Waals surface area contributed by atoms with Gasteiger partial charge in [-0.05, 0) is 30.3 Å². The number of aryl methyl sites for hydroxylation is 1. The first-order chi connectivity index (χ1) is 20.6. The Kier molecular flexibility index (Phi) is 72.7. The molecule has 5 heterocycles. The van der Waals surface area contributed by atoms with E-state index in [1.807, 2.05) is 37.4 Å². The van der Waals surface area contributed by atoms with E-state index >= 15 is 0 Å². The molecule has 0 N–H and O–H groups in total. The minimum atomic E-state index is 0. The molecule has 12 nitrogen and oxygen atoms in total. The standard InChI is InChI=1S/C5H5N.3C4H4N2.C4H4.C3H5N3.2C3H3N.3K/c1-2-4-6-5-3-1;1-2-6-4-3-5-1;1-2-5-4-6-3-1;1-2-4-6-5-3-1;1-3-4-2;1-6-3-2-4-5-6;1-3-4-2;1-2-3-4;;;/h1-5H;3*1-4H;1-4H;2-3H,1H3;2*1-3H;;;/q;;;;-2;;2*-2;3*+1. The van der Waals surface area contributed by atoms with E-state index in [9.17, 15) is 0 Å². The molecule has 5 aromatic rings. The van der Waals surface area contributed by atoms with Crippen LogP contribution in [0.2, 0.25) is 0 Å². The number of aromatic nitrogens is 10. The van der Waals surface area contributed by atoms with Gasteiger partial charge in [0, 0.05) is 75.2 Å². The van der Waals surface area contributed by atoms with Crippen LogP contribution in [0.5, 0.6) is 0 Å². The molecule has 0 fully saturated rings. The maximum Gasteiger partial charge on any atom is 1.00 e. The van der Waals surface area contributed by atoms with Crippen molar-refractivity contribution in [2.75, 3.05) is 0 Å². The van der Waals surface area contributed by atoms with Gasteiger partial charge in [0.25, 0.3) is 0 Å². The van der Waals surface area contributed by atoms with Gasteiger partial charge in [-0.2, -0.15) is 16.9 Å². The molecule has 0 aliphatic rings.